The fourth-order valence-corrected chi connectivity index (χ4v) is 2.86. The van der Waals surface area contributed by atoms with Crippen LogP contribution in [0.15, 0.2) is 36.4 Å². The maximum atomic E-state index is 13.1. The number of hydrogen-bond donors (Lipinski definition) is 0. The number of esters is 1. The first kappa shape index (κ1) is 18.3. The molecule has 0 N–H and O–H groups in total. The first-order valence-electron chi connectivity index (χ1n) is 7.45. The fourth-order valence-electron chi connectivity index (χ4n) is 2.46. The first-order chi connectivity index (χ1) is 11.3. The smallest absolute Gasteiger partial charge is 0.417 e. The molecule has 0 fully saturated rings. The van der Waals surface area contributed by atoms with Crippen molar-refractivity contribution in [3.05, 3.63) is 58.1 Å². The monoisotopic (exact) mass is 356 g/mol. The Kier molecular flexibility index (Phi) is 5.54. The Morgan fingerprint density at radius 2 is 1.88 bits per heavy atom. The maximum absolute atomic E-state index is 13.1. The SMILES string of the molecule is CCOC(=O)c1cccc(-c2c(CC)ccc(C(F)(F)F)c2Cl)c1. The van der Waals surface area contributed by atoms with Crippen molar-refractivity contribution in [1.82, 2.24) is 0 Å². The van der Waals surface area contributed by atoms with Gasteiger partial charge >= 0.3 is 12.1 Å². The number of alkyl halides is 3. The Labute approximate surface area is 143 Å². The van der Waals surface area contributed by atoms with Gasteiger partial charge in [-0.15, -0.1) is 0 Å². The van der Waals surface area contributed by atoms with Crippen molar-refractivity contribution in [3.63, 3.8) is 0 Å². The van der Waals surface area contributed by atoms with Gasteiger partial charge in [-0.3, -0.25) is 0 Å². The lowest BCUT2D eigenvalue weighted by Crippen LogP contribution is -2.08. The lowest BCUT2D eigenvalue weighted by molar-refractivity contribution is -0.137. The van der Waals surface area contributed by atoms with Crippen LogP contribution in [-0.4, -0.2) is 12.6 Å². The standard InChI is InChI=1S/C18H16ClF3O2/c1-3-11-8-9-14(18(20,21)22)16(19)15(11)12-6-5-7-13(10-12)17(23)24-4-2/h5-10H,3-4H2,1-2H3. The van der Waals surface area contributed by atoms with Crippen molar-refractivity contribution in [3.8, 4) is 11.1 Å². The van der Waals surface area contributed by atoms with Gasteiger partial charge in [0.2, 0.25) is 0 Å². The van der Waals surface area contributed by atoms with Crippen LogP contribution in [0.1, 0.15) is 35.3 Å². The molecule has 24 heavy (non-hydrogen) atoms. The van der Waals surface area contributed by atoms with E-state index in [1.54, 1.807) is 25.1 Å². The molecule has 0 aliphatic carbocycles. The summed E-state index contributed by atoms with van der Waals surface area (Å²) in [6, 6.07) is 8.68. The fraction of sp³-hybridized carbons (Fsp3) is 0.278. The highest BCUT2D eigenvalue weighted by Crippen LogP contribution is 2.41. The molecule has 128 valence electrons. The summed E-state index contributed by atoms with van der Waals surface area (Å²) in [7, 11) is 0. The van der Waals surface area contributed by atoms with Gasteiger partial charge in [0.05, 0.1) is 22.8 Å². The second-order valence-electron chi connectivity index (χ2n) is 5.11. The minimum absolute atomic E-state index is 0.216. The number of hydrogen-bond acceptors (Lipinski definition) is 2. The molecule has 0 saturated heterocycles. The molecule has 0 radical (unpaired) electrons. The normalized spacial score (nSPS) is 11.4. The number of aryl methyl sites for hydroxylation is 1. The van der Waals surface area contributed by atoms with Gasteiger partial charge in [-0.2, -0.15) is 13.2 Å². The van der Waals surface area contributed by atoms with E-state index in [1.807, 2.05) is 6.92 Å². The van der Waals surface area contributed by atoms with E-state index < -0.39 is 17.7 Å². The molecule has 0 saturated carbocycles. The number of halogens is 4. The number of rotatable bonds is 4. The van der Waals surface area contributed by atoms with Gasteiger partial charge in [-0.25, -0.2) is 4.79 Å². The van der Waals surface area contributed by atoms with Gasteiger partial charge in [0.15, 0.2) is 0 Å². The van der Waals surface area contributed by atoms with Crippen molar-refractivity contribution in [2.24, 2.45) is 0 Å². The molecule has 0 bridgehead atoms. The van der Waals surface area contributed by atoms with Gasteiger partial charge in [0.25, 0.3) is 0 Å². The van der Waals surface area contributed by atoms with Gasteiger partial charge in [0, 0.05) is 5.56 Å². The zero-order chi connectivity index (χ0) is 17.9. The van der Waals surface area contributed by atoms with Crippen LogP contribution in [0.2, 0.25) is 5.02 Å². The highest BCUT2D eigenvalue weighted by atomic mass is 35.5. The summed E-state index contributed by atoms with van der Waals surface area (Å²) >= 11 is 6.07. The minimum Gasteiger partial charge on any atom is -0.462 e. The van der Waals surface area contributed by atoms with Crippen LogP contribution in [0.3, 0.4) is 0 Å². The van der Waals surface area contributed by atoms with E-state index in [2.05, 4.69) is 0 Å². The Morgan fingerprint density at radius 3 is 2.46 bits per heavy atom. The second kappa shape index (κ2) is 7.26. The Morgan fingerprint density at radius 1 is 1.17 bits per heavy atom. The van der Waals surface area contributed by atoms with E-state index in [4.69, 9.17) is 16.3 Å². The molecule has 0 aliphatic heterocycles. The predicted molar refractivity (Wildman–Crippen MR) is 87.2 cm³/mol. The zero-order valence-corrected chi connectivity index (χ0v) is 14.0. The molecule has 2 aromatic rings. The summed E-state index contributed by atoms with van der Waals surface area (Å²) in [6.45, 7) is 3.73. The van der Waals surface area contributed by atoms with Crippen LogP contribution in [0.4, 0.5) is 13.2 Å². The van der Waals surface area contributed by atoms with E-state index in [0.717, 1.165) is 6.07 Å². The Bertz CT molecular complexity index is 754. The van der Waals surface area contributed by atoms with Crippen molar-refractivity contribution < 1.29 is 22.7 Å². The molecule has 2 nitrogen and oxygen atoms in total. The van der Waals surface area contributed by atoms with Gasteiger partial charge in [-0.05, 0) is 42.7 Å². The zero-order valence-electron chi connectivity index (χ0n) is 13.2. The Balaban J connectivity index is 2.63. The van der Waals surface area contributed by atoms with Crippen LogP contribution < -0.4 is 0 Å². The summed E-state index contributed by atoms with van der Waals surface area (Å²) in [5.74, 6) is -0.527. The summed E-state index contributed by atoms with van der Waals surface area (Å²) in [4.78, 5) is 11.9. The Hall–Kier alpha value is -2.01. The van der Waals surface area contributed by atoms with E-state index in [9.17, 15) is 18.0 Å². The molecule has 0 atom stereocenters. The van der Waals surface area contributed by atoms with Crippen molar-refractivity contribution in [1.29, 1.82) is 0 Å². The molecule has 0 unspecified atom stereocenters. The first-order valence-corrected chi connectivity index (χ1v) is 7.83. The number of ether oxygens (including phenoxy) is 1. The third kappa shape index (κ3) is 3.73. The molecule has 0 aromatic heterocycles. The number of carbonyl (C=O) groups is 1. The summed E-state index contributed by atoms with van der Waals surface area (Å²) < 4.78 is 44.3. The molecule has 0 spiro atoms. The van der Waals surface area contributed by atoms with Crippen LogP contribution in [0.25, 0.3) is 11.1 Å². The van der Waals surface area contributed by atoms with Crippen LogP contribution in [0.5, 0.6) is 0 Å². The number of carbonyl (C=O) groups excluding carboxylic acids is 1. The average Bonchev–Trinajstić information content (AvgIpc) is 2.53. The predicted octanol–water partition coefficient (Wildman–Crippen LogP) is 5.76. The molecule has 0 heterocycles. The topological polar surface area (TPSA) is 26.3 Å². The molecular weight excluding hydrogens is 341 g/mol. The van der Waals surface area contributed by atoms with Gasteiger partial charge in [-0.1, -0.05) is 36.7 Å². The van der Waals surface area contributed by atoms with Crippen LogP contribution >= 0.6 is 11.6 Å². The highest BCUT2D eigenvalue weighted by molar-refractivity contribution is 6.34. The van der Waals surface area contributed by atoms with E-state index >= 15 is 0 Å². The lowest BCUT2D eigenvalue weighted by atomic mass is 9.94. The molecule has 6 heteroatoms. The van der Waals surface area contributed by atoms with Crippen molar-refractivity contribution >= 4 is 17.6 Å². The molecule has 0 amide bonds. The van der Waals surface area contributed by atoms with E-state index in [1.165, 1.54) is 12.1 Å². The van der Waals surface area contributed by atoms with Crippen LogP contribution in [0, 0.1) is 0 Å². The maximum Gasteiger partial charge on any atom is 0.417 e. The largest absolute Gasteiger partial charge is 0.462 e. The minimum atomic E-state index is -4.54. The van der Waals surface area contributed by atoms with Crippen molar-refractivity contribution in [2.45, 2.75) is 26.4 Å². The highest BCUT2D eigenvalue weighted by Gasteiger charge is 2.34. The van der Waals surface area contributed by atoms with Crippen LogP contribution in [-0.2, 0) is 17.3 Å². The molecule has 0 aliphatic rings. The van der Waals surface area contributed by atoms with E-state index in [-0.39, 0.29) is 17.2 Å². The van der Waals surface area contributed by atoms with Gasteiger partial charge in [0.1, 0.15) is 0 Å². The summed E-state index contributed by atoms with van der Waals surface area (Å²) in [5, 5.41) is -0.358. The van der Waals surface area contributed by atoms with E-state index in [0.29, 0.717) is 23.1 Å². The van der Waals surface area contributed by atoms with Crippen molar-refractivity contribution in [2.75, 3.05) is 6.61 Å². The summed E-state index contributed by atoms with van der Waals surface area (Å²) in [5.41, 5.74) is 0.797. The second-order valence-corrected chi connectivity index (χ2v) is 5.49. The summed E-state index contributed by atoms with van der Waals surface area (Å²) in [6.07, 6.45) is -4.03. The lowest BCUT2D eigenvalue weighted by Gasteiger charge is -2.16. The molecule has 2 aromatic carbocycles. The molecular formula is C18H16ClF3O2. The third-order valence-electron chi connectivity index (χ3n) is 3.58. The third-order valence-corrected chi connectivity index (χ3v) is 3.97. The quantitative estimate of drug-likeness (QED) is 0.650. The van der Waals surface area contributed by atoms with Gasteiger partial charge < -0.3 is 4.74 Å². The molecule has 2 rings (SSSR count). The number of benzene rings is 2. The average molecular weight is 357 g/mol.